The molecule has 1 heterocycles. The van der Waals surface area contributed by atoms with Crippen molar-refractivity contribution in [2.45, 2.75) is 0 Å². The molecular formula is C15H15FN2O3. The average Bonchev–Trinajstić information content (AvgIpc) is 2.49. The Hall–Kier alpha value is -2.63. The van der Waals surface area contributed by atoms with Crippen molar-refractivity contribution in [2.75, 3.05) is 20.2 Å². The molecule has 1 amide bonds. The van der Waals surface area contributed by atoms with Gasteiger partial charge in [-0.15, -0.1) is 0 Å². The number of nitrogens with zero attached hydrogens (tertiary/aromatic N) is 1. The molecule has 1 aromatic carbocycles. The number of aromatic amines is 1. The minimum atomic E-state index is -0.438. The van der Waals surface area contributed by atoms with Crippen LogP contribution in [0, 0.1) is 5.82 Å². The summed E-state index contributed by atoms with van der Waals surface area (Å²) < 4.78 is 18.6. The van der Waals surface area contributed by atoms with E-state index in [-0.39, 0.29) is 23.8 Å². The van der Waals surface area contributed by atoms with Gasteiger partial charge in [0.15, 0.2) is 11.6 Å². The number of halogens is 1. The molecule has 21 heavy (non-hydrogen) atoms. The van der Waals surface area contributed by atoms with Crippen molar-refractivity contribution in [3.8, 4) is 5.75 Å². The fraction of sp³-hybridized carbons (Fsp3) is 0.200. The number of hydrogen-bond donors (Lipinski definition) is 1. The lowest BCUT2D eigenvalue weighted by molar-refractivity contribution is 0.0772. The number of para-hydroxylation sites is 1. The number of aromatic nitrogens is 1. The maximum atomic E-state index is 13.3. The van der Waals surface area contributed by atoms with Crippen molar-refractivity contribution >= 4 is 5.91 Å². The van der Waals surface area contributed by atoms with Crippen LogP contribution in [0.1, 0.15) is 10.4 Å². The first-order chi connectivity index (χ1) is 10.1. The summed E-state index contributed by atoms with van der Waals surface area (Å²) in [4.78, 5) is 26.9. The highest BCUT2D eigenvalue weighted by molar-refractivity contribution is 5.93. The number of hydrogen-bond acceptors (Lipinski definition) is 3. The third-order valence-corrected chi connectivity index (χ3v) is 2.90. The van der Waals surface area contributed by atoms with Gasteiger partial charge in [-0.3, -0.25) is 9.59 Å². The molecule has 0 radical (unpaired) electrons. The molecule has 0 unspecified atom stereocenters. The molecule has 0 bridgehead atoms. The third kappa shape index (κ3) is 3.92. The molecule has 2 rings (SSSR count). The first-order valence-electron chi connectivity index (χ1n) is 6.39. The van der Waals surface area contributed by atoms with Crippen LogP contribution in [0.3, 0.4) is 0 Å². The van der Waals surface area contributed by atoms with E-state index in [2.05, 4.69) is 4.98 Å². The van der Waals surface area contributed by atoms with Crippen molar-refractivity contribution < 1.29 is 13.9 Å². The molecule has 6 heteroatoms. The standard InChI is InChI=1S/C15H15FN2O3/c1-18(15(20)11-6-7-14(19)17-10-11)8-9-21-13-5-3-2-4-12(13)16/h2-7,10H,8-9H2,1H3,(H,17,19). The van der Waals surface area contributed by atoms with Crippen molar-refractivity contribution in [3.05, 3.63) is 64.3 Å². The molecular weight excluding hydrogens is 275 g/mol. The molecule has 0 fully saturated rings. The second-order valence-corrected chi connectivity index (χ2v) is 4.45. The minimum Gasteiger partial charge on any atom is -0.489 e. The zero-order valence-corrected chi connectivity index (χ0v) is 11.5. The molecule has 1 N–H and O–H groups in total. The van der Waals surface area contributed by atoms with Crippen LogP contribution < -0.4 is 10.3 Å². The van der Waals surface area contributed by atoms with Crippen LogP contribution in [-0.2, 0) is 0 Å². The summed E-state index contributed by atoms with van der Waals surface area (Å²) in [6.07, 6.45) is 1.36. The molecule has 0 saturated carbocycles. The van der Waals surface area contributed by atoms with Crippen molar-refractivity contribution in [1.29, 1.82) is 0 Å². The lowest BCUT2D eigenvalue weighted by Crippen LogP contribution is -2.31. The first kappa shape index (κ1) is 14.8. The SMILES string of the molecule is CN(CCOc1ccccc1F)C(=O)c1ccc(=O)[nH]c1. The fourth-order valence-electron chi connectivity index (χ4n) is 1.72. The highest BCUT2D eigenvalue weighted by atomic mass is 19.1. The molecule has 0 atom stereocenters. The predicted octanol–water partition coefficient (Wildman–Crippen LogP) is 1.66. The Bertz CT molecular complexity index is 664. The smallest absolute Gasteiger partial charge is 0.255 e. The summed E-state index contributed by atoms with van der Waals surface area (Å²) >= 11 is 0. The predicted molar refractivity (Wildman–Crippen MR) is 75.9 cm³/mol. The lowest BCUT2D eigenvalue weighted by Gasteiger charge is -2.17. The van der Waals surface area contributed by atoms with Crippen LogP contribution in [-0.4, -0.2) is 36.0 Å². The summed E-state index contributed by atoms with van der Waals surface area (Å²) in [6, 6.07) is 8.83. The Morgan fingerprint density at radius 1 is 1.29 bits per heavy atom. The van der Waals surface area contributed by atoms with Gasteiger partial charge in [0.05, 0.1) is 12.1 Å². The number of amides is 1. The topological polar surface area (TPSA) is 62.4 Å². The number of nitrogens with one attached hydrogen (secondary N) is 1. The molecule has 5 nitrogen and oxygen atoms in total. The molecule has 0 aliphatic heterocycles. The molecule has 0 aliphatic rings. The highest BCUT2D eigenvalue weighted by Gasteiger charge is 2.12. The van der Waals surface area contributed by atoms with Crippen LogP contribution >= 0.6 is 0 Å². The molecule has 1 aromatic heterocycles. The van der Waals surface area contributed by atoms with Crippen LogP contribution in [0.4, 0.5) is 4.39 Å². The van der Waals surface area contributed by atoms with E-state index in [1.54, 1.807) is 19.2 Å². The summed E-state index contributed by atoms with van der Waals surface area (Å²) in [7, 11) is 1.61. The monoisotopic (exact) mass is 290 g/mol. The maximum Gasteiger partial charge on any atom is 0.255 e. The number of carbonyl (C=O) groups excluding carboxylic acids is 1. The maximum absolute atomic E-state index is 13.3. The molecule has 0 spiro atoms. The second-order valence-electron chi connectivity index (χ2n) is 4.45. The van der Waals surface area contributed by atoms with E-state index in [9.17, 15) is 14.0 Å². The highest BCUT2D eigenvalue weighted by Crippen LogP contribution is 2.15. The van der Waals surface area contributed by atoms with Gasteiger partial charge in [-0.1, -0.05) is 12.1 Å². The number of pyridine rings is 1. The number of benzene rings is 1. The van der Waals surface area contributed by atoms with E-state index >= 15 is 0 Å². The van der Waals surface area contributed by atoms with Gasteiger partial charge in [-0.2, -0.15) is 0 Å². The van der Waals surface area contributed by atoms with Gasteiger partial charge in [0.2, 0.25) is 5.56 Å². The summed E-state index contributed by atoms with van der Waals surface area (Å²) in [5.74, 6) is -0.530. The summed E-state index contributed by atoms with van der Waals surface area (Å²) in [5.41, 5.74) is 0.111. The first-order valence-corrected chi connectivity index (χ1v) is 6.39. The van der Waals surface area contributed by atoms with Crippen LogP contribution in [0.2, 0.25) is 0 Å². The second kappa shape index (κ2) is 6.69. The van der Waals surface area contributed by atoms with Gasteiger partial charge < -0.3 is 14.6 Å². The Morgan fingerprint density at radius 3 is 2.71 bits per heavy atom. The van der Waals surface area contributed by atoms with E-state index in [0.29, 0.717) is 12.1 Å². The van der Waals surface area contributed by atoms with Crippen LogP contribution in [0.15, 0.2) is 47.4 Å². The van der Waals surface area contributed by atoms with Crippen LogP contribution in [0.25, 0.3) is 0 Å². The Balaban J connectivity index is 1.88. The van der Waals surface area contributed by atoms with Gasteiger partial charge in [-0.25, -0.2) is 4.39 Å². The van der Waals surface area contributed by atoms with Gasteiger partial charge in [0.1, 0.15) is 6.61 Å². The number of ether oxygens (including phenoxy) is 1. The van der Waals surface area contributed by atoms with Gasteiger partial charge >= 0.3 is 0 Å². The Kier molecular flexibility index (Phi) is 4.71. The molecule has 110 valence electrons. The van der Waals surface area contributed by atoms with Crippen molar-refractivity contribution in [3.63, 3.8) is 0 Å². The van der Waals surface area contributed by atoms with E-state index in [0.717, 1.165) is 0 Å². The Morgan fingerprint density at radius 2 is 2.05 bits per heavy atom. The summed E-state index contributed by atoms with van der Waals surface area (Å²) in [6.45, 7) is 0.471. The minimum absolute atomic E-state index is 0.155. The molecule has 2 aromatic rings. The van der Waals surface area contributed by atoms with Crippen molar-refractivity contribution in [2.24, 2.45) is 0 Å². The van der Waals surface area contributed by atoms with Crippen molar-refractivity contribution in [1.82, 2.24) is 9.88 Å². The Labute approximate surface area is 121 Å². The largest absolute Gasteiger partial charge is 0.489 e. The van der Waals surface area contributed by atoms with E-state index in [1.807, 2.05) is 0 Å². The molecule has 0 saturated heterocycles. The third-order valence-electron chi connectivity index (χ3n) is 2.90. The van der Waals surface area contributed by atoms with Gasteiger partial charge in [0, 0.05) is 19.3 Å². The zero-order chi connectivity index (χ0) is 15.2. The quantitative estimate of drug-likeness (QED) is 0.911. The van der Waals surface area contributed by atoms with E-state index < -0.39 is 5.82 Å². The lowest BCUT2D eigenvalue weighted by atomic mass is 10.2. The summed E-state index contributed by atoms with van der Waals surface area (Å²) in [5, 5.41) is 0. The molecule has 0 aliphatic carbocycles. The van der Waals surface area contributed by atoms with Gasteiger partial charge in [-0.05, 0) is 18.2 Å². The van der Waals surface area contributed by atoms with E-state index in [4.69, 9.17) is 4.74 Å². The van der Waals surface area contributed by atoms with Crippen LogP contribution in [0.5, 0.6) is 5.75 Å². The normalized spacial score (nSPS) is 10.2. The van der Waals surface area contributed by atoms with Gasteiger partial charge in [0.25, 0.3) is 5.91 Å². The fourth-order valence-corrected chi connectivity index (χ4v) is 1.72. The zero-order valence-electron chi connectivity index (χ0n) is 11.5. The number of H-pyrrole nitrogens is 1. The average molecular weight is 290 g/mol. The number of likely N-dealkylation sites (N-methyl/N-ethyl adjacent to an activating group) is 1. The van der Waals surface area contributed by atoms with E-state index in [1.165, 1.54) is 35.4 Å². The number of rotatable bonds is 5. The number of carbonyl (C=O) groups is 1.